The third kappa shape index (κ3) is 4.10. The maximum absolute atomic E-state index is 12.2. The fourth-order valence-electron chi connectivity index (χ4n) is 2.18. The highest BCUT2D eigenvalue weighted by atomic mass is 16.5. The standard InChI is InChI=1S/C17H24N4O3/c1-10(2)21-14-12(9-19-21)7-13(8-18-14)16(23)24-11(3)15(22)20-17(4,5)6/h7-11H,1-6H3,(H,20,22)/t11-/m1/s1. The zero-order valence-corrected chi connectivity index (χ0v) is 15.0. The van der Waals surface area contributed by atoms with Gasteiger partial charge in [-0.2, -0.15) is 5.10 Å². The third-order valence-corrected chi connectivity index (χ3v) is 3.31. The molecule has 0 spiro atoms. The number of nitrogens with zero attached hydrogens (tertiary/aromatic N) is 3. The summed E-state index contributed by atoms with van der Waals surface area (Å²) >= 11 is 0. The molecule has 0 radical (unpaired) electrons. The van der Waals surface area contributed by atoms with Crippen LogP contribution in [0.25, 0.3) is 11.0 Å². The summed E-state index contributed by atoms with van der Waals surface area (Å²) in [5.41, 5.74) is 0.616. The van der Waals surface area contributed by atoms with Gasteiger partial charge in [0.05, 0.1) is 11.8 Å². The second kappa shape index (κ2) is 6.59. The Morgan fingerprint density at radius 1 is 1.21 bits per heavy atom. The molecule has 130 valence electrons. The van der Waals surface area contributed by atoms with Gasteiger partial charge in [0.15, 0.2) is 11.8 Å². The zero-order chi connectivity index (χ0) is 18.1. The van der Waals surface area contributed by atoms with Gasteiger partial charge in [-0.25, -0.2) is 14.5 Å². The van der Waals surface area contributed by atoms with Gasteiger partial charge in [0.1, 0.15) is 0 Å². The van der Waals surface area contributed by atoms with Crippen molar-refractivity contribution in [3.8, 4) is 0 Å². The van der Waals surface area contributed by atoms with E-state index in [0.29, 0.717) is 11.2 Å². The monoisotopic (exact) mass is 332 g/mol. The summed E-state index contributed by atoms with van der Waals surface area (Å²) < 4.78 is 7.01. The van der Waals surface area contributed by atoms with Crippen LogP contribution in [0.1, 0.15) is 57.9 Å². The van der Waals surface area contributed by atoms with Crippen LogP contribution in [0.4, 0.5) is 0 Å². The molecule has 7 nitrogen and oxygen atoms in total. The van der Waals surface area contributed by atoms with Crippen molar-refractivity contribution in [2.45, 2.75) is 59.2 Å². The summed E-state index contributed by atoms with van der Waals surface area (Å²) in [4.78, 5) is 28.5. The summed E-state index contributed by atoms with van der Waals surface area (Å²) in [5, 5.41) is 7.79. The number of hydrogen-bond acceptors (Lipinski definition) is 5. The lowest BCUT2D eigenvalue weighted by Gasteiger charge is -2.23. The minimum absolute atomic E-state index is 0.175. The van der Waals surface area contributed by atoms with Crippen LogP contribution in [0.15, 0.2) is 18.5 Å². The van der Waals surface area contributed by atoms with Crippen molar-refractivity contribution in [3.63, 3.8) is 0 Å². The van der Waals surface area contributed by atoms with Gasteiger partial charge in [-0.1, -0.05) is 0 Å². The summed E-state index contributed by atoms with van der Waals surface area (Å²) in [6.07, 6.45) is 2.22. The lowest BCUT2D eigenvalue weighted by atomic mass is 10.1. The van der Waals surface area contributed by atoms with E-state index in [-0.39, 0.29) is 17.5 Å². The molecule has 1 atom stereocenters. The summed E-state index contributed by atoms with van der Waals surface area (Å²) in [6, 6.07) is 1.85. The molecule has 0 aliphatic carbocycles. The van der Waals surface area contributed by atoms with Crippen molar-refractivity contribution in [1.82, 2.24) is 20.1 Å². The first-order valence-corrected chi connectivity index (χ1v) is 7.95. The van der Waals surface area contributed by atoms with Gasteiger partial charge >= 0.3 is 5.97 Å². The Morgan fingerprint density at radius 3 is 2.46 bits per heavy atom. The lowest BCUT2D eigenvalue weighted by molar-refractivity contribution is -0.130. The third-order valence-electron chi connectivity index (χ3n) is 3.31. The topological polar surface area (TPSA) is 86.1 Å². The molecule has 0 aliphatic heterocycles. The van der Waals surface area contributed by atoms with Crippen LogP contribution in [0, 0.1) is 0 Å². The lowest BCUT2D eigenvalue weighted by Crippen LogP contribution is -2.46. The first-order valence-electron chi connectivity index (χ1n) is 7.95. The van der Waals surface area contributed by atoms with Gasteiger partial charge in [0, 0.05) is 23.2 Å². The van der Waals surface area contributed by atoms with E-state index in [1.165, 1.54) is 6.20 Å². The Balaban J connectivity index is 2.12. The zero-order valence-electron chi connectivity index (χ0n) is 15.0. The Morgan fingerprint density at radius 2 is 1.88 bits per heavy atom. The highest BCUT2D eigenvalue weighted by Gasteiger charge is 2.23. The average Bonchev–Trinajstić information content (AvgIpc) is 2.88. The van der Waals surface area contributed by atoms with Crippen LogP contribution in [0.5, 0.6) is 0 Å². The molecule has 2 aromatic heterocycles. The van der Waals surface area contributed by atoms with Crippen LogP contribution in [0.3, 0.4) is 0 Å². The van der Waals surface area contributed by atoms with Crippen molar-refractivity contribution in [2.75, 3.05) is 0 Å². The Hall–Kier alpha value is -2.44. The number of aromatic nitrogens is 3. The maximum Gasteiger partial charge on any atom is 0.340 e. The molecule has 7 heteroatoms. The van der Waals surface area contributed by atoms with Crippen LogP contribution >= 0.6 is 0 Å². The minimum atomic E-state index is -0.884. The number of fused-ring (bicyclic) bond motifs is 1. The molecule has 1 N–H and O–H groups in total. The summed E-state index contributed by atoms with van der Waals surface area (Å²) in [5.74, 6) is -0.921. The van der Waals surface area contributed by atoms with E-state index in [9.17, 15) is 9.59 Å². The van der Waals surface area contributed by atoms with Crippen molar-refractivity contribution >= 4 is 22.9 Å². The highest BCUT2D eigenvalue weighted by molar-refractivity contribution is 5.94. The molecule has 0 saturated heterocycles. The van der Waals surface area contributed by atoms with Crippen molar-refractivity contribution in [1.29, 1.82) is 0 Å². The van der Waals surface area contributed by atoms with Crippen molar-refractivity contribution in [3.05, 3.63) is 24.0 Å². The van der Waals surface area contributed by atoms with E-state index < -0.39 is 12.1 Å². The molecule has 2 rings (SSSR count). The molecule has 0 saturated carbocycles. The Kier molecular flexibility index (Phi) is 4.91. The Bertz CT molecular complexity index is 759. The Labute approximate surface area is 141 Å². The van der Waals surface area contributed by atoms with Crippen LogP contribution in [-0.4, -0.2) is 38.3 Å². The molecule has 0 unspecified atom stereocenters. The summed E-state index contributed by atoms with van der Waals surface area (Å²) in [7, 11) is 0. The summed E-state index contributed by atoms with van der Waals surface area (Å²) in [6.45, 7) is 11.1. The largest absolute Gasteiger partial charge is 0.449 e. The van der Waals surface area contributed by atoms with E-state index in [1.807, 2.05) is 34.6 Å². The van der Waals surface area contributed by atoms with Crippen LogP contribution in [0.2, 0.25) is 0 Å². The number of amides is 1. The van der Waals surface area contributed by atoms with Gasteiger partial charge in [0.2, 0.25) is 0 Å². The molecule has 2 heterocycles. The highest BCUT2D eigenvalue weighted by Crippen LogP contribution is 2.17. The number of ether oxygens (including phenoxy) is 1. The first kappa shape index (κ1) is 17.9. The number of carbonyl (C=O) groups excluding carboxylic acids is 2. The fourth-order valence-corrected chi connectivity index (χ4v) is 2.18. The molecule has 0 bridgehead atoms. The molecule has 24 heavy (non-hydrogen) atoms. The van der Waals surface area contributed by atoms with Gasteiger partial charge in [0.25, 0.3) is 5.91 Å². The smallest absolute Gasteiger partial charge is 0.340 e. The van der Waals surface area contributed by atoms with Gasteiger partial charge in [-0.05, 0) is 47.6 Å². The normalized spacial score (nSPS) is 13.1. The average molecular weight is 332 g/mol. The molecule has 1 amide bonds. The van der Waals surface area contributed by atoms with Crippen molar-refractivity contribution in [2.24, 2.45) is 0 Å². The van der Waals surface area contributed by atoms with Gasteiger partial charge in [-0.15, -0.1) is 0 Å². The number of nitrogens with one attached hydrogen (secondary N) is 1. The second-order valence-electron chi connectivity index (χ2n) is 7.11. The van der Waals surface area contributed by atoms with E-state index in [4.69, 9.17) is 4.74 Å². The van der Waals surface area contributed by atoms with E-state index in [2.05, 4.69) is 15.4 Å². The first-order chi connectivity index (χ1) is 11.1. The molecule has 2 aromatic rings. The van der Waals surface area contributed by atoms with E-state index >= 15 is 0 Å². The molecular formula is C17H24N4O3. The quantitative estimate of drug-likeness (QED) is 0.869. The number of rotatable bonds is 4. The molecular weight excluding hydrogens is 308 g/mol. The maximum atomic E-state index is 12.2. The van der Waals surface area contributed by atoms with Gasteiger partial charge in [-0.3, -0.25) is 4.79 Å². The molecule has 0 fully saturated rings. The van der Waals surface area contributed by atoms with Crippen LogP contribution in [-0.2, 0) is 9.53 Å². The minimum Gasteiger partial charge on any atom is -0.449 e. The van der Waals surface area contributed by atoms with Gasteiger partial charge < -0.3 is 10.1 Å². The number of esters is 1. The predicted octanol–water partition coefficient (Wildman–Crippen LogP) is 2.47. The fraction of sp³-hybridized carbons (Fsp3) is 0.529. The van der Waals surface area contributed by atoms with Crippen molar-refractivity contribution < 1.29 is 14.3 Å². The number of carbonyl (C=O) groups is 2. The number of hydrogen-bond donors (Lipinski definition) is 1. The van der Waals surface area contributed by atoms with E-state index in [1.54, 1.807) is 23.9 Å². The SMILES string of the molecule is CC(C)n1ncc2cc(C(=O)O[C@H](C)C(=O)NC(C)(C)C)cnc21. The van der Waals surface area contributed by atoms with Crippen LogP contribution < -0.4 is 5.32 Å². The van der Waals surface area contributed by atoms with E-state index in [0.717, 1.165) is 5.39 Å². The second-order valence-corrected chi connectivity index (χ2v) is 7.11. The number of pyridine rings is 1. The molecule has 0 aliphatic rings. The molecule has 0 aromatic carbocycles. The predicted molar refractivity (Wildman–Crippen MR) is 90.7 cm³/mol.